The molecule has 5 rings (SSSR count). The predicted molar refractivity (Wildman–Crippen MR) is 145 cm³/mol. The number of aromatic nitrogens is 3. The number of nitrogens with zero attached hydrogens (tertiary/aromatic N) is 6. The van der Waals surface area contributed by atoms with Crippen LogP contribution in [0.5, 0.6) is 0 Å². The fourth-order valence-corrected chi connectivity index (χ4v) is 5.48. The van der Waals surface area contributed by atoms with Crippen LogP contribution in [0.3, 0.4) is 0 Å². The van der Waals surface area contributed by atoms with Crippen LogP contribution in [0.15, 0.2) is 35.5 Å². The molecule has 0 bridgehead atoms. The zero-order valence-corrected chi connectivity index (χ0v) is 21.7. The van der Waals surface area contributed by atoms with Gasteiger partial charge >= 0.3 is 0 Å². The number of rotatable bonds is 5. The van der Waals surface area contributed by atoms with Gasteiger partial charge in [-0.05, 0) is 31.2 Å². The first-order chi connectivity index (χ1) is 16.9. The molecule has 2 aromatic heterocycles. The smallest absolute Gasteiger partial charge is 0.240 e. The maximum atomic E-state index is 12.4. The molecule has 1 atom stereocenters. The zero-order valence-electron chi connectivity index (χ0n) is 20.1. The Bertz CT molecular complexity index is 1250. The molecule has 184 valence electrons. The quantitative estimate of drug-likeness (QED) is 0.542. The van der Waals surface area contributed by atoms with Gasteiger partial charge in [-0.2, -0.15) is 0 Å². The number of pyridine rings is 1. The fraction of sp³-hybridized carbons (Fsp3) is 0.417. The maximum Gasteiger partial charge on any atom is 0.240 e. The maximum absolute atomic E-state index is 12.4. The van der Waals surface area contributed by atoms with E-state index in [0.717, 1.165) is 65.4 Å². The van der Waals surface area contributed by atoms with Crippen molar-refractivity contribution in [1.82, 2.24) is 25.2 Å². The van der Waals surface area contributed by atoms with Crippen molar-refractivity contribution in [3.8, 4) is 11.4 Å². The van der Waals surface area contributed by atoms with Crippen molar-refractivity contribution < 1.29 is 4.79 Å². The highest BCUT2D eigenvalue weighted by Gasteiger charge is 2.25. The number of aliphatic imine (C=N–C) groups is 1. The highest BCUT2D eigenvalue weighted by Crippen LogP contribution is 2.34. The van der Waals surface area contributed by atoms with E-state index in [1.165, 1.54) is 0 Å². The summed E-state index contributed by atoms with van der Waals surface area (Å²) in [5.74, 6) is 1.67. The van der Waals surface area contributed by atoms with Gasteiger partial charge in [0.1, 0.15) is 11.3 Å². The van der Waals surface area contributed by atoms with Gasteiger partial charge in [-0.1, -0.05) is 23.4 Å². The summed E-state index contributed by atoms with van der Waals surface area (Å²) >= 11 is 8.22. The summed E-state index contributed by atoms with van der Waals surface area (Å²) in [5, 5.41) is 4.25. The molecule has 1 fully saturated rings. The lowest BCUT2D eigenvalue weighted by Crippen LogP contribution is -2.50. The Balaban J connectivity index is 1.28. The van der Waals surface area contributed by atoms with Crippen LogP contribution in [0.2, 0.25) is 5.02 Å². The van der Waals surface area contributed by atoms with E-state index < -0.39 is 0 Å². The van der Waals surface area contributed by atoms with Gasteiger partial charge in [0.15, 0.2) is 10.8 Å². The summed E-state index contributed by atoms with van der Waals surface area (Å²) in [6.07, 6.45) is 1.68. The number of halogens is 1. The molecule has 2 aliphatic heterocycles. The van der Waals surface area contributed by atoms with E-state index in [1.807, 2.05) is 14.1 Å². The number of hydrogen-bond acceptors (Lipinski definition) is 8. The van der Waals surface area contributed by atoms with Crippen LogP contribution in [-0.2, 0) is 4.79 Å². The number of H-pyrrole nitrogens is 1. The first-order valence-electron chi connectivity index (χ1n) is 11.7. The Morgan fingerprint density at radius 2 is 1.97 bits per heavy atom. The van der Waals surface area contributed by atoms with Crippen molar-refractivity contribution >= 4 is 57.0 Å². The molecule has 1 amide bonds. The Kier molecular flexibility index (Phi) is 6.86. The molecular weight excluding hydrogens is 484 g/mol. The van der Waals surface area contributed by atoms with E-state index in [9.17, 15) is 4.79 Å². The van der Waals surface area contributed by atoms with Crippen molar-refractivity contribution in [2.75, 3.05) is 62.4 Å². The molecule has 35 heavy (non-hydrogen) atoms. The number of imidazole rings is 1. The number of hydrogen-bond donors (Lipinski definition) is 2. The topological polar surface area (TPSA) is 92.8 Å². The van der Waals surface area contributed by atoms with Crippen molar-refractivity contribution in [2.45, 2.75) is 13.0 Å². The number of nitrogens with one attached hydrogen (secondary N) is 2. The third kappa shape index (κ3) is 5.24. The molecule has 0 saturated carbocycles. The van der Waals surface area contributed by atoms with E-state index in [2.05, 4.69) is 66.2 Å². The largest absolute Gasteiger partial charge is 0.378 e. The minimum Gasteiger partial charge on any atom is -0.378 e. The average Bonchev–Trinajstić information content (AvgIpc) is 3.45. The van der Waals surface area contributed by atoms with E-state index in [0.29, 0.717) is 17.2 Å². The van der Waals surface area contributed by atoms with Gasteiger partial charge in [-0.3, -0.25) is 14.7 Å². The van der Waals surface area contributed by atoms with Crippen LogP contribution in [0.4, 0.5) is 11.4 Å². The first-order valence-corrected chi connectivity index (χ1v) is 13.0. The summed E-state index contributed by atoms with van der Waals surface area (Å²) < 4.78 is 0. The predicted octanol–water partition coefficient (Wildman–Crippen LogP) is 3.07. The number of thioether (sulfide) groups is 1. The standard InChI is InChI=1S/C24H29ClN8OS/c1-15-14-35-24(27-15)28-19(34)13-32-8-10-33(11-9-32)21-18(25)12-26-23-20(21)29-22(30-23)16-4-6-17(7-5-16)31(2)3/h4-7,12,15H,8-11,13-14H2,1-3H3,(H,26,29,30)(H,27,28,34). The van der Waals surface area contributed by atoms with Crippen LogP contribution in [-0.4, -0.2) is 89.5 Å². The minimum atomic E-state index is -0.0136. The number of fused-ring (bicyclic) bond motifs is 1. The molecule has 1 unspecified atom stereocenters. The number of carbonyl (C=O) groups is 1. The van der Waals surface area contributed by atoms with Crippen LogP contribution >= 0.6 is 23.4 Å². The number of amides is 1. The Hall–Kier alpha value is -2.82. The molecule has 0 aliphatic carbocycles. The number of amidine groups is 1. The molecule has 9 nitrogen and oxygen atoms in total. The Morgan fingerprint density at radius 3 is 2.63 bits per heavy atom. The molecule has 2 aliphatic rings. The molecule has 11 heteroatoms. The van der Waals surface area contributed by atoms with Crippen LogP contribution in [0.25, 0.3) is 22.6 Å². The fourth-order valence-electron chi connectivity index (χ4n) is 4.31. The van der Waals surface area contributed by atoms with Gasteiger partial charge in [0.05, 0.1) is 29.5 Å². The van der Waals surface area contributed by atoms with Crippen LogP contribution in [0.1, 0.15) is 6.92 Å². The van der Waals surface area contributed by atoms with Gasteiger partial charge in [-0.15, -0.1) is 0 Å². The molecule has 0 spiro atoms. The van der Waals surface area contributed by atoms with Crippen LogP contribution < -0.4 is 15.1 Å². The van der Waals surface area contributed by atoms with E-state index in [-0.39, 0.29) is 11.9 Å². The van der Waals surface area contributed by atoms with E-state index >= 15 is 0 Å². The third-order valence-corrected chi connectivity index (χ3v) is 7.61. The summed E-state index contributed by atoms with van der Waals surface area (Å²) in [7, 11) is 4.04. The monoisotopic (exact) mass is 512 g/mol. The molecule has 3 aromatic rings. The number of anilines is 2. The highest BCUT2D eigenvalue weighted by atomic mass is 35.5. The normalized spacial score (nSPS) is 18.7. The summed E-state index contributed by atoms with van der Waals surface area (Å²) in [6, 6.07) is 8.50. The van der Waals surface area contributed by atoms with E-state index in [4.69, 9.17) is 16.6 Å². The number of benzene rings is 1. The van der Waals surface area contributed by atoms with E-state index in [1.54, 1.807) is 18.0 Å². The van der Waals surface area contributed by atoms with Gasteiger partial charge < -0.3 is 20.1 Å². The number of aromatic amines is 1. The SMILES string of the molecule is CC1CSC(NC(=O)CN2CCN(c3c(Cl)cnc4[nH]c(-c5ccc(N(C)C)cc5)nc34)CC2)=N1. The zero-order chi connectivity index (χ0) is 24.5. The lowest BCUT2D eigenvalue weighted by molar-refractivity contribution is -0.120. The van der Waals surface area contributed by atoms with Gasteiger partial charge in [0, 0.05) is 57.3 Å². The Morgan fingerprint density at radius 1 is 1.23 bits per heavy atom. The van der Waals surface area contributed by atoms with Gasteiger partial charge in [0.2, 0.25) is 5.91 Å². The molecule has 0 radical (unpaired) electrons. The highest BCUT2D eigenvalue weighted by molar-refractivity contribution is 8.14. The van der Waals surface area contributed by atoms with Crippen molar-refractivity contribution in [3.63, 3.8) is 0 Å². The summed E-state index contributed by atoms with van der Waals surface area (Å²) in [4.78, 5) is 36.0. The molecule has 4 heterocycles. The summed E-state index contributed by atoms with van der Waals surface area (Å²) in [5.41, 5.74) is 4.48. The molecule has 1 aromatic carbocycles. The van der Waals surface area contributed by atoms with Crippen molar-refractivity contribution in [1.29, 1.82) is 0 Å². The third-order valence-electron chi connectivity index (χ3n) is 6.20. The Labute approximate surface area is 213 Å². The lowest BCUT2D eigenvalue weighted by Gasteiger charge is -2.36. The van der Waals surface area contributed by atoms with Gasteiger partial charge in [0.25, 0.3) is 0 Å². The van der Waals surface area contributed by atoms with Crippen LogP contribution in [0, 0.1) is 0 Å². The second-order valence-electron chi connectivity index (χ2n) is 9.08. The van der Waals surface area contributed by atoms with Crippen molar-refractivity contribution in [2.24, 2.45) is 4.99 Å². The second kappa shape index (κ2) is 10.0. The molecule has 2 N–H and O–H groups in total. The second-order valence-corrected chi connectivity index (χ2v) is 10.5. The molecule has 1 saturated heterocycles. The van der Waals surface area contributed by atoms with Crippen molar-refractivity contribution in [3.05, 3.63) is 35.5 Å². The molecular formula is C24H29ClN8OS. The first kappa shape index (κ1) is 23.9. The van der Waals surface area contributed by atoms with Gasteiger partial charge in [-0.25, -0.2) is 9.97 Å². The number of carbonyl (C=O) groups excluding carboxylic acids is 1. The number of piperazine rings is 1. The average molecular weight is 513 g/mol. The lowest BCUT2D eigenvalue weighted by atomic mass is 10.2. The minimum absolute atomic E-state index is 0.0136. The summed E-state index contributed by atoms with van der Waals surface area (Å²) in [6.45, 7) is 5.42.